The summed E-state index contributed by atoms with van der Waals surface area (Å²) in [6, 6.07) is 12.2. The molecule has 3 aliphatic rings. The lowest BCUT2D eigenvalue weighted by molar-refractivity contribution is -0.0691. The number of thiophene rings is 1. The molecular formula is C30H28Cl2N8OS. The Labute approximate surface area is 257 Å². The molecule has 9 nitrogen and oxygen atoms in total. The van der Waals surface area contributed by atoms with Gasteiger partial charge >= 0.3 is 0 Å². The zero-order valence-electron chi connectivity index (χ0n) is 22.7. The van der Waals surface area contributed by atoms with E-state index >= 15 is 0 Å². The monoisotopic (exact) mass is 618 g/mol. The van der Waals surface area contributed by atoms with E-state index in [1.807, 2.05) is 54.8 Å². The van der Waals surface area contributed by atoms with Crippen LogP contribution in [-0.2, 0) is 17.7 Å². The summed E-state index contributed by atoms with van der Waals surface area (Å²) in [4.78, 5) is 8.45. The normalized spacial score (nSPS) is 17.4. The fourth-order valence-electron chi connectivity index (χ4n) is 5.64. The van der Waals surface area contributed by atoms with Gasteiger partial charge in [-0.15, -0.1) is 11.3 Å². The Morgan fingerprint density at radius 2 is 2.05 bits per heavy atom. The minimum atomic E-state index is -0.168. The van der Waals surface area contributed by atoms with Crippen LogP contribution in [-0.4, -0.2) is 35.7 Å². The van der Waals surface area contributed by atoms with Crippen LogP contribution in [0.2, 0.25) is 10.0 Å². The second-order valence-electron chi connectivity index (χ2n) is 10.7. The smallest absolute Gasteiger partial charge is 0.103 e. The summed E-state index contributed by atoms with van der Waals surface area (Å²) in [5.74, 6) is 0. The Morgan fingerprint density at radius 3 is 2.79 bits per heavy atom. The number of ether oxygens (including phenoxy) is 1. The number of halogens is 2. The maximum absolute atomic E-state index is 9.95. The van der Waals surface area contributed by atoms with Crippen LogP contribution in [0.3, 0.4) is 0 Å². The lowest BCUT2D eigenvalue weighted by Gasteiger charge is -2.39. The van der Waals surface area contributed by atoms with Gasteiger partial charge in [0.15, 0.2) is 0 Å². The fraction of sp³-hybridized carbons (Fsp3) is 0.267. The van der Waals surface area contributed by atoms with E-state index < -0.39 is 0 Å². The lowest BCUT2D eigenvalue weighted by Crippen LogP contribution is -2.50. The van der Waals surface area contributed by atoms with Crippen LogP contribution >= 0.6 is 34.5 Å². The van der Waals surface area contributed by atoms with E-state index in [4.69, 9.17) is 27.9 Å². The van der Waals surface area contributed by atoms with Crippen molar-refractivity contribution in [3.05, 3.63) is 91.0 Å². The van der Waals surface area contributed by atoms with Crippen molar-refractivity contribution in [2.45, 2.75) is 32.0 Å². The van der Waals surface area contributed by atoms with E-state index in [9.17, 15) is 5.26 Å². The summed E-state index contributed by atoms with van der Waals surface area (Å²) in [5, 5.41) is 21.2. The van der Waals surface area contributed by atoms with Crippen molar-refractivity contribution in [1.29, 1.82) is 5.26 Å². The number of nitrogens with zero attached hydrogens (tertiary/aromatic N) is 3. The van der Waals surface area contributed by atoms with Gasteiger partial charge in [-0.2, -0.15) is 10.8 Å². The molecular weight excluding hydrogens is 591 g/mol. The number of aryl methyl sites for hydroxylation is 1. The van der Waals surface area contributed by atoms with Crippen LogP contribution < -0.4 is 27.0 Å². The van der Waals surface area contributed by atoms with E-state index in [0.717, 1.165) is 60.7 Å². The lowest BCUT2D eigenvalue weighted by atomic mass is 9.95. The van der Waals surface area contributed by atoms with Gasteiger partial charge in [0.1, 0.15) is 6.07 Å². The summed E-state index contributed by atoms with van der Waals surface area (Å²) in [6.45, 7) is 5.57. The van der Waals surface area contributed by atoms with Crippen molar-refractivity contribution in [1.82, 2.24) is 26.3 Å². The summed E-state index contributed by atoms with van der Waals surface area (Å²) >= 11 is 15.0. The molecule has 42 heavy (non-hydrogen) atoms. The molecule has 0 unspecified atom stereocenters. The van der Waals surface area contributed by atoms with Crippen LogP contribution in [0.5, 0.6) is 0 Å². The van der Waals surface area contributed by atoms with E-state index in [1.54, 1.807) is 6.20 Å². The number of hydrogen-bond donors (Lipinski definition) is 5. The molecule has 7 rings (SSSR count). The molecule has 0 saturated carbocycles. The quantitative estimate of drug-likeness (QED) is 0.173. The number of hydrogen-bond acceptors (Lipinski definition) is 10. The molecule has 1 atom stereocenters. The van der Waals surface area contributed by atoms with Gasteiger partial charge in [-0.1, -0.05) is 29.3 Å². The number of pyridine rings is 1. The van der Waals surface area contributed by atoms with E-state index in [-0.39, 0.29) is 6.04 Å². The predicted octanol–water partition coefficient (Wildman–Crippen LogP) is 5.89. The number of nitriles is 1. The average molecular weight is 620 g/mol. The molecule has 3 aliphatic heterocycles. The molecule has 0 amide bonds. The van der Waals surface area contributed by atoms with Gasteiger partial charge in [-0.25, -0.2) is 0 Å². The maximum Gasteiger partial charge on any atom is 0.103 e. The van der Waals surface area contributed by atoms with Gasteiger partial charge in [0.05, 0.1) is 52.8 Å². The second-order valence-corrected chi connectivity index (χ2v) is 12.5. The van der Waals surface area contributed by atoms with Gasteiger partial charge < -0.3 is 26.2 Å². The Bertz CT molecular complexity index is 1760. The number of nitrogens with one attached hydrogen (secondary N) is 5. The highest BCUT2D eigenvalue weighted by molar-refractivity contribution is 7.10. The first-order valence-electron chi connectivity index (χ1n) is 13.7. The highest BCUT2D eigenvalue weighted by Crippen LogP contribution is 2.40. The summed E-state index contributed by atoms with van der Waals surface area (Å²) in [6.07, 6.45) is 4.45. The number of rotatable bonds is 7. The fourth-order valence-corrected chi connectivity index (χ4v) is 7.24. The number of fused-ring (bicyclic) bond motifs is 2. The molecule has 0 bridgehead atoms. The van der Waals surface area contributed by atoms with Gasteiger partial charge in [-0.05, 0) is 59.7 Å². The van der Waals surface area contributed by atoms with Crippen LogP contribution in [0.15, 0.2) is 53.8 Å². The Morgan fingerprint density at radius 1 is 1.19 bits per heavy atom. The van der Waals surface area contributed by atoms with Crippen LogP contribution in [0, 0.1) is 18.3 Å². The minimum absolute atomic E-state index is 0.168. The third-order valence-corrected chi connectivity index (χ3v) is 9.80. The molecule has 0 aliphatic carbocycles. The molecule has 12 heteroatoms. The number of benzene rings is 2. The van der Waals surface area contributed by atoms with Gasteiger partial charge in [0.25, 0.3) is 0 Å². The topological polar surface area (TPSA) is 109 Å². The second kappa shape index (κ2) is 11.3. The summed E-state index contributed by atoms with van der Waals surface area (Å²) in [5.41, 5.74) is 17.0. The van der Waals surface area contributed by atoms with E-state index in [1.165, 1.54) is 16.0 Å². The largest absolute Gasteiger partial charge is 0.378 e. The van der Waals surface area contributed by atoms with Crippen LogP contribution in [0.1, 0.15) is 33.2 Å². The first-order chi connectivity index (χ1) is 20.5. The van der Waals surface area contributed by atoms with Crippen molar-refractivity contribution in [3.8, 4) is 6.07 Å². The van der Waals surface area contributed by atoms with Crippen LogP contribution in [0.4, 0.5) is 17.1 Å². The van der Waals surface area contributed by atoms with Gasteiger partial charge in [0, 0.05) is 52.1 Å². The first kappa shape index (κ1) is 27.3. The third-order valence-electron chi connectivity index (χ3n) is 8.07. The van der Waals surface area contributed by atoms with E-state index in [0.29, 0.717) is 32.9 Å². The highest BCUT2D eigenvalue weighted by Gasteiger charge is 2.33. The highest BCUT2D eigenvalue weighted by atomic mass is 35.5. The van der Waals surface area contributed by atoms with Crippen molar-refractivity contribution in [2.24, 2.45) is 0 Å². The molecule has 214 valence electrons. The molecule has 4 aromatic rings. The minimum Gasteiger partial charge on any atom is -0.378 e. The molecule has 2 aromatic carbocycles. The molecule has 5 N–H and O–H groups in total. The Balaban J connectivity index is 1.26. The standard InChI is InChI=1S/C30H28Cl2N8OS/c1-16-2-3-18(7-24(16)31)36-28-17(9-33)10-34-29-22(28)6-19(8-25(29)32)37-30(26-11-35-39-38-26)23-15-42-27-12-40(5-4-21(23)27)20-13-41-14-20/h2-3,6-8,10-11,15,20,30,35,37-39H,4-5,12-14H2,1H3,(H,34,36)/t30-/m0/s1. The van der Waals surface area contributed by atoms with Crippen molar-refractivity contribution in [2.75, 3.05) is 30.4 Å². The summed E-state index contributed by atoms with van der Waals surface area (Å²) < 4.78 is 5.44. The number of anilines is 3. The van der Waals surface area contributed by atoms with Crippen molar-refractivity contribution >= 4 is 62.5 Å². The average Bonchev–Trinajstić information content (AvgIpc) is 3.64. The van der Waals surface area contributed by atoms with Crippen molar-refractivity contribution in [3.63, 3.8) is 0 Å². The Kier molecular flexibility index (Phi) is 7.32. The van der Waals surface area contributed by atoms with E-state index in [2.05, 4.69) is 48.4 Å². The zero-order valence-corrected chi connectivity index (χ0v) is 25.1. The first-order valence-corrected chi connectivity index (χ1v) is 15.3. The summed E-state index contributed by atoms with van der Waals surface area (Å²) in [7, 11) is 0. The zero-order chi connectivity index (χ0) is 28.8. The third kappa shape index (κ3) is 5.02. The predicted molar refractivity (Wildman–Crippen MR) is 168 cm³/mol. The maximum atomic E-state index is 9.95. The molecule has 0 radical (unpaired) electrons. The SMILES string of the molecule is Cc1ccc(Nc2c(C#N)cnc3c(Cl)cc(N[C@H](C4=CNNN4)c4csc5c4CCN(C4COC4)C5)cc23)cc1Cl. The van der Waals surface area contributed by atoms with Crippen LogP contribution in [0.25, 0.3) is 10.9 Å². The molecule has 5 heterocycles. The van der Waals surface area contributed by atoms with Gasteiger partial charge in [-0.3, -0.25) is 9.88 Å². The van der Waals surface area contributed by atoms with Gasteiger partial charge in [0.2, 0.25) is 0 Å². The molecule has 0 spiro atoms. The molecule has 2 aromatic heterocycles. The number of hydrazine groups is 2. The number of aromatic nitrogens is 1. The van der Waals surface area contributed by atoms with Crippen molar-refractivity contribution < 1.29 is 4.74 Å². The molecule has 1 saturated heterocycles. The molecule has 1 fully saturated rings. The Hall–Kier alpha value is -3.56.